The first-order valence-corrected chi connectivity index (χ1v) is 5.92. The predicted octanol–water partition coefficient (Wildman–Crippen LogP) is 1.24. The van der Waals surface area contributed by atoms with Gasteiger partial charge in [-0.25, -0.2) is 4.39 Å². The van der Waals surface area contributed by atoms with E-state index in [1.165, 1.54) is 12.1 Å². The summed E-state index contributed by atoms with van der Waals surface area (Å²) in [5.41, 5.74) is 6.91. The molecule has 1 aromatic carbocycles. The number of halogens is 1. The van der Waals surface area contributed by atoms with Crippen molar-refractivity contribution in [1.82, 2.24) is 4.90 Å². The van der Waals surface area contributed by atoms with Gasteiger partial charge in [0.05, 0.1) is 5.60 Å². The molecule has 1 saturated heterocycles. The molecule has 2 rings (SSSR count). The second-order valence-electron chi connectivity index (χ2n) is 5.07. The summed E-state index contributed by atoms with van der Waals surface area (Å²) < 4.78 is 13.2. The number of nitrogens with two attached hydrogens (primary N) is 1. The summed E-state index contributed by atoms with van der Waals surface area (Å²) in [7, 11) is 0. The lowest BCUT2D eigenvalue weighted by Gasteiger charge is -2.20. The fraction of sp³-hybridized carbons (Fsp3) is 0.538. The maximum Gasteiger partial charge on any atom is 0.123 e. The topological polar surface area (TPSA) is 49.5 Å². The molecule has 94 valence electrons. The molecule has 1 unspecified atom stereocenters. The molecule has 0 saturated carbocycles. The van der Waals surface area contributed by atoms with Gasteiger partial charge in [-0.3, -0.25) is 4.90 Å². The molecular weight excluding hydrogens is 219 g/mol. The van der Waals surface area contributed by atoms with Gasteiger partial charge in [-0.2, -0.15) is 0 Å². The molecule has 0 aliphatic carbocycles. The quantitative estimate of drug-likeness (QED) is 0.833. The fourth-order valence-electron chi connectivity index (χ4n) is 2.36. The summed E-state index contributed by atoms with van der Waals surface area (Å²) in [6, 6.07) is 4.71. The molecule has 1 aliphatic heterocycles. The van der Waals surface area contributed by atoms with Crippen LogP contribution in [-0.2, 0) is 13.1 Å². The minimum absolute atomic E-state index is 0.233. The van der Waals surface area contributed by atoms with Crippen molar-refractivity contribution in [1.29, 1.82) is 0 Å². The molecule has 3 nitrogen and oxygen atoms in total. The van der Waals surface area contributed by atoms with Crippen LogP contribution in [-0.4, -0.2) is 28.7 Å². The van der Waals surface area contributed by atoms with Crippen molar-refractivity contribution in [2.75, 3.05) is 13.1 Å². The van der Waals surface area contributed by atoms with Crippen molar-refractivity contribution >= 4 is 0 Å². The lowest BCUT2D eigenvalue weighted by Crippen LogP contribution is -2.29. The van der Waals surface area contributed by atoms with E-state index in [4.69, 9.17) is 5.73 Å². The van der Waals surface area contributed by atoms with Gasteiger partial charge in [0.25, 0.3) is 0 Å². The van der Waals surface area contributed by atoms with Crippen LogP contribution in [0.15, 0.2) is 18.2 Å². The molecule has 1 fully saturated rings. The summed E-state index contributed by atoms with van der Waals surface area (Å²) in [5.74, 6) is -0.233. The second-order valence-corrected chi connectivity index (χ2v) is 5.07. The lowest BCUT2D eigenvalue weighted by atomic mass is 10.1. The maximum absolute atomic E-state index is 13.2. The molecule has 1 atom stereocenters. The highest BCUT2D eigenvalue weighted by Gasteiger charge is 2.31. The van der Waals surface area contributed by atoms with Crippen molar-refractivity contribution < 1.29 is 9.50 Å². The average Bonchev–Trinajstić information content (AvgIpc) is 2.58. The molecule has 0 aromatic heterocycles. The number of aliphatic hydroxyl groups is 1. The molecule has 0 bridgehead atoms. The Labute approximate surface area is 101 Å². The van der Waals surface area contributed by atoms with E-state index in [1.807, 2.05) is 6.92 Å². The molecule has 1 heterocycles. The fourth-order valence-corrected chi connectivity index (χ4v) is 2.36. The third-order valence-electron chi connectivity index (χ3n) is 3.31. The van der Waals surface area contributed by atoms with E-state index in [1.54, 1.807) is 6.07 Å². The van der Waals surface area contributed by atoms with E-state index >= 15 is 0 Å². The summed E-state index contributed by atoms with van der Waals surface area (Å²) >= 11 is 0. The third-order valence-corrected chi connectivity index (χ3v) is 3.31. The van der Waals surface area contributed by atoms with Crippen LogP contribution in [0.5, 0.6) is 0 Å². The van der Waals surface area contributed by atoms with Crippen molar-refractivity contribution in [3.8, 4) is 0 Å². The zero-order chi connectivity index (χ0) is 12.5. The van der Waals surface area contributed by atoms with E-state index in [2.05, 4.69) is 4.90 Å². The molecule has 3 N–H and O–H groups in total. The minimum atomic E-state index is -0.615. The van der Waals surface area contributed by atoms with Crippen LogP contribution >= 0.6 is 0 Å². The molecular formula is C13H19FN2O. The van der Waals surface area contributed by atoms with Crippen molar-refractivity contribution in [3.05, 3.63) is 35.1 Å². The van der Waals surface area contributed by atoms with Crippen molar-refractivity contribution in [3.63, 3.8) is 0 Å². The Morgan fingerprint density at radius 3 is 2.82 bits per heavy atom. The largest absolute Gasteiger partial charge is 0.389 e. The molecule has 17 heavy (non-hydrogen) atoms. The van der Waals surface area contributed by atoms with Crippen LogP contribution in [0.1, 0.15) is 24.5 Å². The summed E-state index contributed by atoms with van der Waals surface area (Å²) in [5, 5.41) is 9.88. The Kier molecular flexibility index (Phi) is 3.47. The minimum Gasteiger partial charge on any atom is -0.389 e. The Morgan fingerprint density at radius 1 is 1.47 bits per heavy atom. The van der Waals surface area contributed by atoms with Gasteiger partial charge in [-0.1, -0.05) is 6.07 Å². The standard InChI is InChI=1S/C13H19FN2O/c1-13(17)4-5-16(9-13)8-11-6-12(14)3-2-10(11)7-15/h2-3,6,17H,4-5,7-9,15H2,1H3. The summed E-state index contributed by atoms with van der Waals surface area (Å²) in [6.45, 7) is 4.38. The molecule has 4 heteroatoms. The predicted molar refractivity (Wildman–Crippen MR) is 64.8 cm³/mol. The SMILES string of the molecule is CC1(O)CCN(Cc2cc(F)ccc2CN)C1. The van der Waals surface area contributed by atoms with Gasteiger partial charge < -0.3 is 10.8 Å². The number of nitrogens with zero attached hydrogens (tertiary/aromatic N) is 1. The second kappa shape index (κ2) is 4.72. The first kappa shape index (κ1) is 12.5. The Hall–Kier alpha value is -0.970. The normalized spacial score (nSPS) is 25.4. The van der Waals surface area contributed by atoms with Gasteiger partial charge in [-0.05, 0) is 36.6 Å². The monoisotopic (exact) mass is 238 g/mol. The van der Waals surface area contributed by atoms with E-state index in [-0.39, 0.29) is 5.82 Å². The highest BCUT2D eigenvalue weighted by atomic mass is 19.1. The van der Waals surface area contributed by atoms with Gasteiger partial charge >= 0.3 is 0 Å². The number of hydrogen-bond donors (Lipinski definition) is 2. The highest BCUT2D eigenvalue weighted by Crippen LogP contribution is 2.23. The number of β-amino-alcohol motifs (C(OH)–C–C–N with tert-alkyl or cyclic N) is 1. The van der Waals surface area contributed by atoms with Gasteiger partial charge in [0.1, 0.15) is 5.82 Å². The number of likely N-dealkylation sites (tertiary alicyclic amines) is 1. The van der Waals surface area contributed by atoms with Crippen LogP contribution in [0.2, 0.25) is 0 Å². The van der Waals surface area contributed by atoms with Crippen LogP contribution in [0.4, 0.5) is 4.39 Å². The van der Waals surface area contributed by atoms with Crippen LogP contribution < -0.4 is 5.73 Å². The van der Waals surface area contributed by atoms with Crippen LogP contribution in [0, 0.1) is 5.82 Å². The first-order chi connectivity index (χ1) is 8.00. The van der Waals surface area contributed by atoms with Gasteiger partial charge in [0.2, 0.25) is 0 Å². The van der Waals surface area contributed by atoms with E-state index in [9.17, 15) is 9.50 Å². The molecule has 0 amide bonds. The summed E-state index contributed by atoms with van der Waals surface area (Å²) in [4.78, 5) is 2.13. The van der Waals surface area contributed by atoms with Crippen LogP contribution in [0.25, 0.3) is 0 Å². The van der Waals surface area contributed by atoms with E-state index in [0.29, 0.717) is 19.6 Å². The Balaban J connectivity index is 2.11. The average molecular weight is 238 g/mol. The van der Waals surface area contributed by atoms with Gasteiger partial charge in [0.15, 0.2) is 0 Å². The third kappa shape index (κ3) is 3.03. The van der Waals surface area contributed by atoms with Gasteiger partial charge in [0, 0.05) is 26.2 Å². The first-order valence-electron chi connectivity index (χ1n) is 5.92. The lowest BCUT2D eigenvalue weighted by molar-refractivity contribution is 0.0678. The molecule has 0 radical (unpaired) electrons. The Bertz CT molecular complexity index is 406. The van der Waals surface area contributed by atoms with Crippen molar-refractivity contribution in [2.24, 2.45) is 5.73 Å². The maximum atomic E-state index is 13.2. The molecule has 1 aromatic rings. The smallest absolute Gasteiger partial charge is 0.123 e. The zero-order valence-electron chi connectivity index (χ0n) is 10.1. The van der Waals surface area contributed by atoms with E-state index in [0.717, 1.165) is 24.1 Å². The summed E-state index contributed by atoms with van der Waals surface area (Å²) in [6.07, 6.45) is 0.764. The Morgan fingerprint density at radius 2 is 2.24 bits per heavy atom. The number of benzene rings is 1. The van der Waals surface area contributed by atoms with Gasteiger partial charge in [-0.15, -0.1) is 0 Å². The highest BCUT2D eigenvalue weighted by molar-refractivity contribution is 5.28. The number of rotatable bonds is 3. The zero-order valence-corrected chi connectivity index (χ0v) is 10.1. The molecule has 1 aliphatic rings. The number of hydrogen-bond acceptors (Lipinski definition) is 3. The van der Waals surface area contributed by atoms with Crippen LogP contribution in [0.3, 0.4) is 0 Å². The van der Waals surface area contributed by atoms with E-state index < -0.39 is 5.60 Å². The van der Waals surface area contributed by atoms with Crippen molar-refractivity contribution in [2.45, 2.75) is 32.0 Å². The molecule has 0 spiro atoms.